The van der Waals surface area contributed by atoms with Crippen molar-refractivity contribution in [2.75, 3.05) is 6.61 Å². The van der Waals surface area contributed by atoms with Gasteiger partial charge in [0.15, 0.2) is 17.4 Å². The number of aliphatic hydroxyl groups is 1. The molecule has 1 atom stereocenters. The molecule has 4 N–H and O–H groups in total. The van der Waals surface area contributed by atoms with Gasteiger partial charge in [0.25, 0.3) is 5.91 Å². The number of aliphatic carboxylic acids is 1. The van der Waals surface area contributed by atoms with Crippen molar-refractivity contribution in [2.24, 2.45) is 0 Å². The Hall–Kier alpha value is -2.61. The van der Waals surface area contributed by atoms with Gasteiger partial charge in [-0.3, -0.25) is 4.79 Å². The quantitative estimate of drug-likeness (QED) is 0.574. The molecule has 0 spiro atoms. The van der Waals surface area contributed by atoms with Gasteiger partial charge >= 0.3 is 5.97 Å². The fraction of sp³-hybridized carbons (Fsp3) is 0.182. The topological polar surface area (TPSA) is 124 Å². The summed E-state index contributed by atoms with van der Waals surface area (Å²) in [7, 11) is 0. The van der Waals surface area contributed by atoms with E-state index in [1.54, 1.807) is 12.3 Å². The molecule has 0 saturated heterocycles. The number of carbonyl (C=O) groups excluding carboxylic acids is 1. The third kappa shape index (κ3) is 2.47. The van der Waals surface area contributed by atoms with Crippen LogP contribution in [0.4, 0.5) is 0 Å². The van der Waals surface area contributed by atoms with Crippen molar-refractivity contribution in [3.8, 4) is 5.75 Å². The largest absolute Gasteiger partial charge is 0.504 e. The first-order valence-electron chi connectivity index (χ1n) is 5.34. The number of carboxylic acids is 1. The number of rotatable bonds is 4. The number of carboxylic acid groups (broad SMARTS) is 1. The zero-order valence-corrected chi connectivity index (χ0v) is 9.65. The molecule has 2 rings (SSSR count). The second-order valence-electron chi connectivity index (χ2n) is 3.80. The van der Waals surface area contributed by atoms with Crippen LogP contribution < -0.4 is 5.32 Å². The van der Waals surface area contributed by atoms with Crippen LogP contribution in [0.3, 0.4) is 0 Å². The molecule has 0 aliphatic heterocycles. The van der Waals surface area contributed by atoms with E-state index in [2.05, 4.69) is 10.3 Å². The fourth-order valence-electron chi connectivity index (χ4n) is 1.53. The van der Waals surface area contributed by atoms with Gasteiger partial charge in [-0.05, 0) is 12.1 Å². The highest BCUT2D eigenvalue weighted by Crippen LogP contribution is 2.16. The van der Waals surface area contributed by atoms with Crippen molar-refractivity contribution in [1.82, 2.24) is 14.7 Å². The van der Waals surface area contributed by atoms with Gasteiger partial charge in [0.05, 0.1) is 6.61 Å². The SMILES string of the molecule is O=C(N[C@@H](CO)C(=O)O)c1cn2cccc(O)c2n1. The Bertz CT molecular complexity index is 636. The molecule has 2 aromatic rings. The fourth-order valence-corrected chi connectivity index (χ4v) is 1.53. The third-order valence-electron chi connectivity index (χ3n) is 2.48. The van der Waals surface area contributed by atoms with Crippen LogP contribution in [0.1, 0.15) is 10.5 Å². The molecule has 0 aliphatic carbocycles. The summed E-state index contributed by atoms with van der Waals surface area (Å²) in [6.07, 6.45) is 2.93. The van der Waals surface area contributed by atoms with Gasteiger partial charge in [-0.15, -0.1) is 0 Å². The second-order valence-corrected chi connectivity index (χ2v) is 3.80. The second kappa shape index (κ2) is 4.94. The van der Waals surface area contributed by atoms with Gasteiger partial charge in [-0.25, -0.2) is 9.78 Å². The molecule has 0 aromatic carbocycles. The molecule has 19 heavy (non-hydrogen) atoms. The Morgan fingerprint density at radius 2 is 2.21 bits per heavy atom. The number of aliphatic hydroxyl groups excluding tert-OH is 1. The molecule has 0 bridgehead atoms. The normalized spacial score (nSPS) is 12.3. The van der Waals surface area contributed by atoms with Gasteiger partial charge in [-0.2, -0.15) is 0 Å². The summed E-state index contributed by atoms with van der Waals surface area (Å²) in [6.45, 7) is -0.723. The van der Waals surface area contributed by atoms with Crippen LogP contribution in [0, 0.1) is 0 Å². The Morgan fingerprint density at radius 3 is 2.79 bits per heavy atom. The summed E-state index contributed by atoms with van der Waals surface area (Å²) in [5.41, 5.74) is 0.129. The predicted octanol–water partition coefficient (Wildman–Crippen LogP) is -0.785. The average Bonchev–Trinajstić information content (AvgIpc) is 2.80. The minimum atomic E-state index is -1.40. The molecule has 0 aliphatic rings. The van der Waals surface area contributed by atoms with Crippen LogP contribution in [0.2, 0.25) is 0 Å². The van der Waals surface area contributed by atoms with Crippen LogP contribution >= 0.6 is 0 Å². The van der Waals surface area contributed by atoms with E-state index in [1.807, 2.05) is 0 Å². The Morgan fingerprint density at radius 1 is 1.47 bits per heavy atom. The van der Waals surface area contributed by atoms with E-state index in [4.69, 9.17) is 10.2 Å². The molecule has 0 fully saturated rings. The predicted molar refractivity (Wildman–Crippen MR) is 62.8 cm³/mol. The van der Waals surface area contributed by atoms with E-state index in [0.717, 1.165) is 0 Å². The summed E-state index contributed by atoms with van der Waals surface area (Å²) in [5.74, 6) is -2.19. The average molecular weight is 265 g/mol. The lowest BCUT2D eigenvalue weighted by atomic mass is 10.3. The van der Waals surface area contributed by atoms with Gasteiger partial charge in [0.2, 0.25) is 0 Å². The van der Waals surface area contributed by atoms with E-state index >= 15 is 0 Å². The van der Waals surface area contributed by atoms with Gasteiger partial charge in [0.1, 0.15) is 5.69 Å². The zero-order chi connectivity index (χ0) is 14.0. The summed E-state index contributed by atoms with van der Waals surface area (Å²) in [5, 5.41) is 29.2. The van der Waals surface area contributed by atoms with E-state index in [-0.39, 0.29) is 17.1 Å². The monoisotopic (exact) mass is 265 g/mol. The standard InChI is InChI=1S/C11H11N3O5/c15-5-7(11(18)19)13-10(17)6-4-14-3-1-2-8(16)9(14)12-6/h1-4,7,15-16H,5H2,(H,13,17)(H,18,19)/t7-/m0/s1. The van der Waals surface area contributed by atoms with Crippen molar-refractivity contribution in [3.63, 3.8) is 0 Å². The van der Waals surface area contributed by atoms with Crippen LogP contribution in [0.25, 0.3) is 5.65 Å². The summed E-state index contributed by atoms with van der Waals surface area (Å²) >= 11 is 0. The summed E-state index contributed by atoms with van der Waals surface area (Å²) in [6, 6.07) is 1.59. The van der Waals surface area contributed by atoms with E-state index < -0.39 is 24.5 Å². The molecule has 0 saturated carbocycles. The molecule has 8 nitrogen and oxygen atoms in total. The first-order valence-corrected chi connectivity index (χ1v) is 5.34. The van der Waals surface area contributed by atoms with Gasteiger partial charge < -0.3 is 25.0 Å². The third-order valence-corrected chi connectivity index (χ3v) is 2.48. The van der Waals surface area contributed by atoms with E-state index in [0.29, 0.717) is 0 Å². The highest BCUT2D eigenvalue weighted by molar-refractivity contribution is 5.95. The van der Waals surface area contributed by atoms with Crippen molar-refractivity contribution in [1.29, 1.82) is 0 Å². The smallest absolute Gasteiger partial charge is 0.328 e. The lowest BCUT2D eigenvalue weighted by Crippen LogP contribution is -2.43. The highest BCUT2D eigenvalue weighted by atomic mass is 16.4. The Kier molecular flexibility index (Phi) is 3.34. The number of hydrogen-bond donors (Lipinski definition) is 4. The van der Waals surface area contributed by atoms with Gasteiger partial charge in [0, 0.05) is 12.4 Å². The maximum atomic E-state index is 11.8. The van der Waals surface area contributed by atoms with E-state index in [9.17, 15) is 14.7 Å². The van der Waals surface area contributed by atoms with Crippen LogP contribution in [-0.2, 0) is 4.79 Å². The lowest BCUT2D eigenvalue weighted by Gasteiger charge is -2.09. The van der Waals surface area contributed by atoms with Crippen molar-refractivity contribution < 1.29 is 24.9 Å². The minimum Gasteiger partial charge on any atom is -0.504 e. The minimum absolute atomic E-state index is 0.0544. The number of nitrogens with zero attached hydrogens (tertiary/aromatic N) is 2. The van der Waals surface area contributed by atoms with Crippen LogP contribution in [0.15, 0.2) is 24.5 Å². The number of carbonyl (C=O) groups is 2. The Balaban J connectivity index is 2.27. The van der Waals surface area contributed by atoms with Crippen LogP contribution in [-0.4, -0.2) is 49.2 Å². The molecule has 2 heterocycles. The molecule has 100 valence electrons. The zero-order valence-electron chi connectivity index (χ0n) is 9.65. The summed E-state index contributed by atoms with van der Waals surface area (Å²) < 4.78 is 1.43. The molecule has 1 amide bonds. The maximum Gasteiger partial charge on any atom is 0.328 e. The number of nitrogens with one attached hydrogen (secondary N) is 1. The molecule has 0 unspecified atom stereocenters. The van der Waals surface area contributed by atoms with Crippen molar-refractivity contribution in [2.45, 2.75) is 6.04 Å². The number of hydrogen-bond acceptors (Lipinski definition) is 5. The van der Waals surface area contributed by atoms with Crippen LogP contribution in [0.5, 0.6) is 5.75 Å². The van der Waals surface area contributed by atoms with Crippen molar-refractivity contribution >= 4 is 17.5 Å². The first kappa shape index (κ1) is 12.8. The molecule has 8 heteroatoms. The number of amides is 1. The van der Waals surface area contributed by atoms with Gasteiger partial charge in [-0.1, -0.05) is 0 Å². The summed E-state index contributed by atoms with van der Waals surface area (Å²) in [4.78, 5) is 26.3. The molecule has 0 radical (unpaired) electrons. The lowest BCUT2D eigenvalue weighted by molar-refractivity contribution is -0.140. The number of aromatic hydroxyl groups is 1. The molecular weight excluding hydrogens is 254 g/mol. The van der Waals surface area contributed by atoms with E-state index in [1.165, 1.54) is 16.7 Å². The number of aromatic nitrogens is 2. The Labute approximate surface area is 106 Å². The number of fused-ring (bicyclic) bond motifs is 1. The molecule has 2 aromatic heterocycles. The number of pyridine rings is 1. The highest BCUT2D eigenvalue weighted by Gasteiger charge is 2.21. The maximum absolute atomic E-state index is 11.8. The number of imidazole rings is 1. The molecular formula is C11H11N3O5. The first-order chi connectivity index (χ1) is 9.02. The van der Waals surface area contributed by atoms with Crippen molar-refractivity contribution in [3.05, 3.63) is 30.2 Å².